The number of benzene rings is 1. The summed E-state index contributed by atoms with van der Waals surface area (Å²) in [5.74, 6) is -1.30. The minimum Gasteiger partial charge on any atom is -0.480 e. The summed E-state index contributed by atoms with van der Waals surface area (Å²) in [6.45, 7) is 0.258. The largest absolute Gasteiger partial charge is 0.480 e. The second-order valence-corrected chi connectivity index (χ2v) is 4.88. The fraction of sp³-hybridized carbons (Fsp3) is 0.357. The SMILES string of the molecule is N#Cc1cccc(C[C@@H](C(=O)O)N2CC(N)CC2=O)c1. The molecule has 6 nitrogen and oxygen atoms in total. The third-order valence-corrected chi connectivity index (χ3v) is 3.33. The second kappa shape index (κ2) is 5.72. The number of carbonyl (C=O) groups is 2. The molecule has 1 saturated heterocycles. The molecule has 20 heavy (non-hydrogen) atoms. The summed E-state index contributed by atoms with van der Waals surface area (Å²) in [4.78, 5) is 24.5. The minimum absolute atomic E-state index is 0.170. The molecule has 6 heteroatoms. The molecule has 1 heterocycles. The van der Waals surface area contributed by atoms with Crippen molar-refractivity contribution in [2.24, 2.45) is 5.73 Å². The summed E-state index contributed by atoms with van der Waals surface area (Å²) in [6.07, 6.45) is 0.353. The molecular formula is C14H15N3O3. The van der Waals surface area contributed by atoms with E-state index in [1.54, 1.807) is 24.3 Å². The van der Waals surface area contributed by atoms with E-state index < -0.39 is 12.0 Å². The van der Waals surface area contributed by atoms with E-state index in [0.717, 1.165) is 0 Å². The Morgan fingerprint density at radius 3 is 2.90 bits per heavy atom. The van der Waals surface area contributed by atoms with Gasteiger partial charge in [-0.25, -0.2) is 4.79 Å². The van der Waals surface area contributed by atoms with Gasteiger partial charge in [0.05, 0.1) is 11.6 Å². The number of carboxylic acid groups (broad SMARTS) is 1. The quantitative estimate of drug-likeness (QED) is 0.809. The van der Waals surface area contributed by atoms with Crippen LogP contribution in [-0.2, 0) is 16.0 Å². The lowest BCUT2D eigenvalue weighted by Crippen LogP contribution is -2.44. The zero-order valence-electron chi connectivity index (χ0n) is 10.8. The van der Waals surface area contributed by atoms with Gasteiger partial charge in [0.15, 0.2) is 0 Å². The Kier molecular flexibility index (Phi) is 4.01. The van der Waals surface area contributed by atoms with Gasteiger partial charge in [0, 0.05) is 25.4 Å². The van der Waals surface area contributed by atoms with Crippen LogP contribution in [0.1, 0.15) is 17.5 Å². The van der Waals surface area contributed by atoms with Crippen molar-refractivity contribution in [1.82, 2.24) is 4.90 Å². The van der Waals surface area contributed by atoms with Crippen molar-refractivity contribution in [1.29, 1.82) is 5.26 Å². The zero-order valence-corrected chi connectivity index (χ0v) is 10.8. The van der Waals surface area contributed by atoms with Crippen LogP contribution in [0, 0.1) is 11.3 Å². The number of carbonyl (C=O) groups excluding carboxylic acids is 1. The van der Waals surface area contributed by atoms with Crippen LogP contribution in [0.2, 0.25) is 0 Å². The minimum atomic E-state index is -1.06. The lowest BCUT2D eigenvalue weighted by Gasteiger charge is -2.24. The number of hydrogen-bond acceptors (Lipinski definition) is 4. The average molecular weight is 273 g/mol. The number of amides is 1. The maximum Gasteiger partial charge on any atom is 0.326 e. The van der Waals surface area contributed by atoms with Crippen LogP contribution < -0.4 is 5.73 Å². The Morgan fingerprint density at radius 2 is 2.35 bits per heavy atom. The van der Waals surface area contributed by atoms with E-state index in [1.807, 2.05) is 6.07 Å². The van der Waals surface area contributed by atoms with Gasteiger partial charge in [0.1, 0.15) is 6.04 Å². The summed E-state index contributed by atoms with van der Waals surface area (Å²) in [5.41, 5.74) is 6.88. The molecule has 1 amide bonds. The Labute approximate surface area is 116 Å². The molecular weight excluding hydrogens is 258 g/mol. The van der Waals surface area contributed by atoms with Crippen LogP contribution >= 0.6 is 0 Å². The molecule has 1 aromatic carbocycles. The van der Waals surface area contributed by atoms with Crippen molar-refractivity contribution in [3.8, 4) is 6.07 Å². The molecule has 0 aliphatic carbocycles. The molecule has 1 fully saturated rings. The highest BCUT2D eigenvalue weighted by Crippen LogP contribution is 2.17. The van der Waals surface area contributed by atoms with E-state index in [-0.39, 0.29) is 31.3 Å². The van der Waals surface area contributed by atoms with Crippen molar-refractivity contribution in [3.63, 3.8) is 0 Å². The monoisotopic (exact) mass is 273 g/mol. The predicted octanol–water partition coefficient (Wildman–Crippen LogP) is 0.114. The molecule has 1 unspecified atom stereocenters. The van der Waals surface area contributed by atoms with Crippen molar-refractivity contribution in [2.75, 3.05) is 6.54 Å². The molecule has 1 aromatic rings. The number of nitrogens with two attached hydrogens (primary N) is 1. The van der Waals surface area contributed by atoms with Gasteiger partial charge in [0.2, 0.25) is 5.91 Å². The molecule has 0 spiro atoms. The van der Waals surface area contributed by atoms with E-state index >= 15 is 0 Å². The van der Waals surface area contributed by atoms with Gasteiger partial charge in [-0.05, 0) is 17.7 Å². The predicted molar refractivity (Wildman–Crippen MR) is 70.6 cm³/mol. The first-order chi connectivity index (χ1) is 9.51. The highest BCUT2D eigenvalue weighted by molar-refractivity contribution is 5.85. The fourth-order valence-corrected chi connectivity index (χ4v) is 2.38. The van der Waals surface area contributed by atoms with Crippen LogP contribution in [0.25, 0.3) is 0 Å². The van der Waals surface area contributed by atoms with Crippen molar-refractivity contribution in [3.05, 3.63) is 35.4 Å². The van der Waals surface area contributed by atoms with Crippen LogP contribution in [0.15, 0.2) is 24.3 Å². The van der Waals surface area contributed by atoms with E-state index in [1.165, 1.54) is 4.90 Å². The number of nitrogens with zero attached hydrogens (tertiary/aromatic N) is 2. The molecule has 104 valence electrons. The number of carboxylic acids is 1. The topological polar surface area (TPSA) is 107 Å². The van der Waals surface area contributed by atoms with Gasteiger partial charge in [-0.1, -0.05) is 12.1 Å². The smallest absolute Gasteiger partial charge is 0.326 e. The zero-order chi connectivity index (χ0) is 14.7. The first kappa shape index (κ1) is 14.0. The summed E-state index contributed by atoms with van der Waals surface area (Å²) in [6, 6.07) is 7.49. The van der Waals surface area contributed by atoms with Crippen LogP contribution in [0.3, 0.4) is 0 Å². The van der Waals surface area contributed by atoms with Gasteiger partial charge in [-0.3, -0.25) is 4.79 Å². The number of rotatable bonds is 4. The van der Waals surface area contributed by atoms with Gasteiger partial charge in [0.25, 0.3) is 0 Å². The summed E-state index contributed by atoms with van der Waals surface area (Å²) >= 11 is 0. The normalized spacial score (nSPS) is 19.7. The molecule has 2 rings (SSSR count). The van der Waals surface area contributed by atoms with Crippen LogP contribution in [0.5, 0.6) is 0 Å². The lowest BCUT2D eigenvalue weighted by molar-refractivity contribution is -0.148. The Hall–Kier alpha value is -2.39. The molecule has 0 bridgehead atoms. The first-order valence-corrected chi connectivity index (χ1v) is 6.28. The lowest BCUT2D eigenvalue weighted by atomic mass is 10.0. The van der Waals surface area contributed by atoms with Gasteiger partial charge < -0.3 is 15.7 Å². The van der Waals surface area contributed by atoms with Gasteiger partial charge in [-0.2, -0.15) is 5.26 Å². The van der Waals surface area contributed by atoms with Crippen LogP contribution in [-0.4, -0.2) is 40.5 Å². The van der Waals surface area contributed by atoms with E-state index in [2.05, 4.69) is 0 Å². The standard InChI is InChI=1S/C14H15N3O3/c15-7-10-3-1-2-9(4-10)5-12(14(19)20)17-8-11(16)6-13(17)18/h1-4,11-12H,5-6,8,16H2,(H,19,20)/t11?,12-/m0/s1. The second-order valence-electron chi connectivity index (χ2n) is 4.88. The van der Waals surface area contributed by atoms with Crippen molar-refractivity contribution in [2.45, 2.75) is 24.9 Å². The Morgan fingerprint density at radius 1 is 1.60 bits per heavy atom. The Balaban J connectivity index is 2.20. The summed E-state index contributed by atoms with van der Waals surface area (Å²) < 4.78 is 0. The molecule has 2 atom stereocenters. The average Bonchev–Trinajstić information content (AvgIpc) is 2.74. The molecule has 0 aromatic heterocycles. The summed E-state index contributed by atoms with van der Waals surface area (Å²) in [5, 5.41) is 18.2. The Bertz CT molecular complexity index is 579. The highest BCUT2D eigenvalue weighted by Gasteiger charge is 2.36. The molecule has 3 N–H and O–H groups in total. The van der Waals surface area contributed by atoms with Crippen molar-refractivity contribution >= 4 is 11.9 Å². The maximum atomic E-state index is 11.8. The van der Waals surface area contributed by atoms with Gasteiger partial charge >= 0.3 is 5.97 Å². The number of nitriles is 1. The third kappa shape index (κ3) is 2.95. The molecule has 0 radical (unpaired) electrons. The van der Waals surface area contributed by atoms with E-state index in [4.69, 9.17) is 11.0 Å². The highest BCUT2D eigenvalue weighted by atomic mass is 16.4. The van der Waals surface area contributed by atoms with Crippen LogP contribution in [0.4, 0.5) is 0 Å². The first-order valence-electron chi connectivity index (χ1n) is 6.28. The molecule has 1 aliphatic heterocycles. The van der Waals surface area contributed by atoms with E-state index in [0.29, 0.717) is 11.1 Å². The van der Waals surface area contributed by atoms with Crippen molar-refractivity contribution < 1.29 is 14.7 Å². The maximum absolute atomic E-state index is 11.8. The molecule has 1 aliphatic rings. The number of hydrogen-bond donors (Lipinski definition) is 2. The summed E-state index contributed by atoms with van der Waals surface area (Å²) in [7, 11) is 0. The third-order valence-electron chi connectivity index (χ3n) is 3.33. The number of aliphatic carboxylic acids is 1. The molecule has 0 saturated carbocycles. The fourth-order valence-electron chi connectivity index (χ4n) is 2.38. The van der Waals surface area contributed by atoms with E-state index in [9.17, 15) is 14.7 Å². The number of likely N-dealkylation sites (tertiary alicyclic amines) is 1. The van der Waals surface area contributed by atoms with Gasteiger partial charge in [-0.15, -0.1) is 0 Å².